The lowest BCUT2D eigenvalue weighted by molar-refractivity contribution is -0.696. The van der Waals surface area contributed by atoms with Gasteiger partial charge in [-0.2, -0.15) is 4.57 Å². The van der Waals surface area contributed by atoms with Gasteiger partial charge in [0.1, 0.15) is 28.0 Å². The molecule has 0 saturated carbocycles. The Morgan fingerprint density at radius 3 is 2.94 bits per heavy atom. The standard InChI is InChI=1S/C22H21BrN6O5S2/c1-34-27-14(13-17(23)36-22(24)26-13)18(30)25-15-19(31)29-16(21(32)33)11(9-35-20(15)29)8-28-7-3-5-10-4-2-6-12(10)28/h3,5,7,15,20H,2,4,6,8-9H2,1H3,(H3-,24,25,26,30,32,33)/b27-14-/t15-,20-/m1/s1. The monoisotopic (exact) mass is 592 g/mol. The topological polar surface area (TPSA) is 154 Å². The van der Waals surface area contributed by atoms with Gasteiger partial charge in [0.05, 0.1) is 11.7 Å². The molecule has 14 heteroatoms. The first-order valence-corrected chi connectivity index (χ1v) is 13.7. The highest BCUT2D eigenvalue weighted by atomic mass is 79.9. The van der Waals surface area contributed by atoms with Gasteiger partial charge in [0, 0.05) is 29.4 Å². The molecule has 0 spiro atoms. The van der Waals surface area contributed by atoms with Crippen LogP contribution in [0.15, 0.2) is 38.5 Å². The lowest BCUT2D eigenvalue weighted by Crippen LogP contribution is -2.71. The number of carbonyl (C=O) groups excluding carboxylic acids is 3. The van der Waals surface area contributed by atoms with Crippen molar-refractivity contribution in [2.45, 2.75) is 37.2 Å². The van der Waals surface area contributed by atoms with Gasteiger partial charge in [-0.1, -0.05) is 16.5 Å². The summed E-state index contributed by atoms with van der Waals surface area (Å²) in [5.74, 6) is -2.26. The molecule has 2 atom stereocenters. The minimum atomic E-state index is -1.41. The first-order valence-electron chi connectivity index (χ1n) is 11.0. The number of thiazole rings is 1. The lowest BCUT2D eigenvalue weighted by Gasteiger charge is -2.50. The molecule has 188 valence electrons. The molecule has 1 aliphatic carbocycles. The maximum Gasteiger partial charge on any atom is 0.276 e. The number of carboxylic acids is 1. The number of β-lactam (4-membered cyclic amide) rings is 1. The van der Waals surface area contributed by atoms with Crippen LogP contribution in [0.3, 0.4) is 0 Å². The summed E-state index contributed by atoms with van der Waals surface area (Å²) in [6.45, 7) is 0.358. The molecule has 0 aromatic carbocycles. The number of pyridine rings is 1. The molecule has 0 radical (unpaired) electrons. The molecule has 11 nitrogen and oxygen atoms in total. The number of aromatic nitrogens is 2. The zero-order valence-corrected chi connectivity index (χ0v) is 22.2. The van der Waals surface area contributed by atoms with Crippen LogP contribution in [0.1, 0.15) is 23.4 Å². The molecule has 36 heavy (non-hydrogen) atoms. The van der Waals surface area contributed by atoms with Crippen LogP contribution in [-0.4, -0.2) is 57.7 Å². The van der Waals surface area contributed by atoms with Gasteiger partial charge < -0.3 is 25.8 Å². The summed E-state index contributed by atoms with van der Waals surface area (Å²) in [6.07, 6.45) is 4.93. The van der Waals surface area contributed by atoms with Crippen molar-refractivity contribution < 1.29 is 28.9 Å². The van der Waals surface area contributed by atoms with Crippen LogP contribution in [0.4, 0.5) is 5.13 Å². The molecule has 2 aromatic heterocycles. The number of nitrogen functional groups attached to an aromatic ring is 1. The van der Waals surface area contributed by atoms with Crippen LogP contribution in [-0.2, 0) is 38.6 Å². The number of rotatable bonds is 7. The minimum Gasteiger partial charge on any atom is -0.543 e. The first kappa shape index (κ1) is 24.7. The van der Waals surface area contributed by atoms with Gasteiger partial charge in [0.15, 0.2) is 29.3 Å². The Bertz CT molecular complexity index is 1340. The summed E-state index contributed by atoms with van der Waals surface area (Å²) in [7, 11) is 1.28. The number of fused-ring (bicyclic) bond motifs is 2. The van der Waals surface area contributed by atoms with Crippen molar-refractivity contribution in [2.24, 2.45) is 5.16 Å². The molecule has 1 fully saturated rings. The summed E-state index contributed by atoms with van der Waals surface area (Å²) in [4.78, 5) is 48.3. The number of carbonyl (C=O) groups is 3. The number of anilines is 1. The predicted octanol–water partition coefficient (Wildman–Crippen LogP) is -0.281. The molecule has 2 amide bonds. The van der Waals surface area contributed by atoms with E-state index in [1.807, 2.05) is 12.3 Å². The summed E-state index contributed by atoms with van der Waals surface area (Å²) in [5, 5.41) is 18.2. The molecule has 5 rings (SSSR count). The second-order valence-corrected chi connectivity index (χ2v) is 11.8. The van der Waals surface area contributed by atoms with Gasteiger partial charge in [0.2, 0.25) is 0 Å². The number of aryl methyl sites for hydroxylation is 1. The van der Waals surface area contributed by atoms with Gasteiger partial charge in [-0.15, -0.1) is 11.8 Å². The van der Waals surface area contributed by atoms with Crippen LogP contribution in [0.5, 0.6) is 0 Å². The Morgan fingerprint density at radius 2 is 2.25 bits per heavy atom. The summed E-state index contributed by atoms with van der Waals surface area (Å²) >= 11 is 5.80. The summed E-state index contributed by atoms with van der Waals surface area (Å²) in [6, 6.07) is 3.10. The van der Waals surface area contributed by atoms with Crippen molar-refractivity contribution in [1.29, 1.82) is 0 Å². The van der Waals surface area contributed by atoms with Gasteiger partial charge in [-0.05, 0) is 34.8 Å². The van der Waals surface area contributed by atoms with E-state index in [1.54, 1.807) is 0 Å². The lowest BCUT2D eigenvalue weighted by atomic mass is 10.0. The van der Waals surface area contributed by atoms with Crippen LogP contribution in [0.25, 0.3) is 0 Å². The van der Waals surface area contributed by atoms with E-state index >= 15 is 0 Å². The number of aliphatic carboxylic acids is 1. The molecule has 3 aliphatic rings. The van der Waals surface area contributed by atoms with E-state index in [0.29, 0.717) is 21.7 Å². The number of thioether (sulfide) groups is 1. The summed E-state index contributed by atoms with van der Waals surface area (Å²) < 4.78 is 2.53. The van der Waals surface area contributed by atoms with Crippen molar-refractivity contribution in [3.63, 3.8) is 0 Å². The van der Waals surface area contributed by atoms with Crippen molar-refractivity contribution >= 4 is 67.7 Å². The molecule has 0 unspecified atom stereocenters. The fourth-order valence-electron chi connectivity index (χ4n) is 4.72. The Balaban J connectivity index is 1.37. The minimum absolute atomic E-state index is 0.127. The SMILES string of the molecule is CO/N=C(\C(=O)N[C@@H]1C(=O)N2C(C(=O)[O-])=C(C[n+]3cccc4c3CCC4)CS[C@H]12)c1nc(N)sc1Br. The highest BCUT2D eigenvalue weighted by molar-refractivity contribution is 9.11. The highest BCUT2D eigenvalue weighted by Crippen LogP contribution is 2.40. The third-order valence-electron chi connectivity index (χ3n) is 6.25. The second-order valence-electron chi connectivity index (χ2n) is 8.36. The van der Waals surface area contributed by atoms with Crippen LogP contribution in [0, 0.1) is 0 Å². The van der Waals surface area contributed by atoms with Crippen LogP contribution in [0.2, 0.25) is 0 Å². The van der Waals surface area contributed by atoms with E-state index in [4.69, 9.17) is 10.6 Å². The molecule has 2 aliphatic heterocycles. The number of halogens is 1. The largest absolute Gasteiger partial charge is 0.543 e. The summed E-state index contributed by atoms with van der Waals surface area (Å²) in [5.41, 5.74) is 8.67. The van der Waals surface area contributed by atoms with E-state index in [-0.39, 0.29) is 22.2 Å². The first-order chi connectivity index (χ1) is 17.3. The highest BCUT2D eigenvalue weighted by Gasteiger charge is 2.53. The smallest absolute Gasteiger partial charge is 0.276 e. The predicted molar refractivity (Wildman–Crippen MR) is 133 cm³/mol. The Hall–Kier alpha value is -2.97. The van der Waals surface area contributed by atoms with Crippen molar-refractivity contribution in [3.8, 4) is 0 Å². The second kappa shape index (κ2) is 9.82. The van der Waals surface area contributed by atoms with Crippen molar-refractivity contribution in [1.82, 2.24) is 15.2 Å². The van der Waals surface area contributed by atoms with Gasteiger partial charge >= 0.3 is 0 Å². The molecule has 0 bridgehead atoms. The van der Waals surface area contributed by atoms with Crippen molar-refractivity contribution in [2.75, 3.05) is 18.6 Å². The maximum atomic E-state index is 13.1. The average Bonchev–Trinajstić information content (AvgIpc) is 3.46. The number of nitrogens with zero attached hydrogens (tertiary/aromatic N) is 4. The van der Waals surface area contributed by atoms with Crippen molar-refractivity contribution in [3.05, 3.63) is 50.3 Å². The number of nitrogens with one attached hydrogen (secondary N) is 1. The third kappa shape index (κ3) is 4.26. The van der Waals surface area contributed by atoms with E-state index in [1.165, 1.54) is 35.0 Å². The number of hydrogen-bond donors (Lipinski definition) is 2. The van der Waals surface area contributed by atoms with Gasteiger partial charge in [0.25, 0.3) is 11.8 Å². The van der Waals surface area contributed by atoms with Crippen LogP contribution >= 0.6 is 39.0 Å². The molecule has 1 saturated heterocycles. The normalized spacial score (nSPS) is 21.1. The number of hydrogen-bond acceptors (Lipinski definition) is 10. The average molecular weight is 593 g/mol. The molecular weight excluding hydrogens is 572 g/mol. The number of carboxylic acid groups (broad SMARTS) is 1. The number of oxime groups is 1. The third-order valence-corrected chi connectivity index (χ3v) is 9.13. The fourth-order valence-corrected chi connectivity index (χ4v) is 7.38. The van der Waals surface area contributed by atoms with Gasteiger partial charge in [-0.3, -0.25) is 14.5 Å². The number of nitrogens with two attached hydrogens (primary N) is 1. The fraction of sp³-hybridized carbons (Fsp3) is 0.364. The van der Waals surface area contributed by atoms with Crippen LogP contribution < -0.4 is 20.7 Å². The Kier molecular flexibility index (Phi) is 6.74. The Morgan fingerprint density at radius 1 is 1.44 bits per heavy atom. The molecule has 4 heterocycles. The maximum absolute atomic E-state index is 13.1. The van der Waals surface area contributed by atoms with E-state index in [0.717, 1.165) is 30.6 Å². The molecule has 3 N–H and O–H groups in total. The Labute approximate surface area is 222 Å². The van der Waals surface area contributed by atoms with E-state index in [9.17, 15) is 19.5 Å². The zero-order chi connectivity index (χ0) is 25.6. The molecular formula is C22H21BrN6O5S2. The quantitative estimate of drug-likeness (QED) is 0.192. The van der Waals surface area contributed by atoms with E-state index in [2.05, 4.69) is 42.0 Å². The molecule has 2 aromatic rings. The zero-order valence-electron chi connectivity index (χ0n) is 19.0. The van der Waals surface area contributed by atoms with E-state index < -0.39 is 29.2 Å². The number of amides is 2. The van der Waals surface area contributed by atoms with Gasteiger partial charge in [-0.25, -0.2) is 4.98 Å².